The monoisotopic (exact) mass is 312 g/mol. The van der Waals surface area contributed by atoms with Gasteiger partial charge >= 0.3 is 0 Å². The molecule has 1 unspecified atom stereocenters. The molecule has 0 aliphatic carbocycles. The molecule has 3 rings (SSSR count). The molecule has 5 nitrogen and oxygen atoms in total. The van der Waals surface area contributed by atoms with Crippen LogP contribution in [0.25, 0.3) is 0 Å². The Morgan fingerprint density at radius 3 is 3.00 bits per heavy atom. The van der Waals surface area contributed by atoms with Crippen molar-refractivity contribution in [2.75, 3.05) is 18.5 Å². The van der Waals surface area contributed by atoms with E-state index in [-0.39, 0.29) is 18.4 Å². The van der Waals surface area contributed by atoms with Gasteiger partial charge in [0.2, 0.25) is 5.91 Å². The molecular formula is C18H20N2O3. The van der Waals surface area contributed by atoms with E-state index in [1.165, 1.54) is 0 Å². The highest BCUT2D eigenvalue weighted by Gasteiger charge is 2.17. The van der Waals surface area contributed by atoms with Crippen LogP contribution in [0.5, 0.6) is 5.75 Å². The molecule has 1 saturated heterocycles. The number of benzene rings is 1. The highest BCUT2D eigenvalue weighted by molar-refractivity contribution is 5.93. The maximum Gasteiger partial charge on any atom is 0.228 e. The predicted octanol–water partition coefficient (Wildman–Crippen LogP) is 2.82. The topological polar surface area (TPSA) is 60.5 Å². The van der Waals surface area contributed by atoms with Gasteiger partial charge in [-0.2, -0.15) is 0 Å². The van der Waals surface area contributed by atoms with Gasteiger partial charge in [-0.25, -0.2) is 0 Å². The SMILES string of the molecule is O=C(Cc1cccnc1)Nc1ccccc1OCC1CCCO1. The van der Waals surface area contributed by atoms with E-state index in [0.717, 1.165) is 25.0 Å². The van der Waals surface area contributed by atoms with E-state index in [4.69, 9.17) is 9.47 Å². The van der Waals surface area contributed by atoms with Crippen molar-refractivity contribution in [2.45, 2.75) is 25.4 Å². The van der Waals surface area contributed by atoms with Crippen LogP contribution in [0.1, 0.15) is 18.4 Å². The fourth-order valence-electron chi connectivity index (χ4n) is 2.54. The normalized spacial score (nSPS) is 17.0. The van der Waals surface area contributed by atoms with Gasteiger partial charge in [0.1, 0.15) is 12.4 Å². The second-order valence-corrected chi connectivity index (χ2v) is 5.53. The van der Waals surface area contributed by atoms with E-state index >= 15 is 0 Å². The molecule has 1 aromatic carbocycles. The number of hydrogen-bond acceptors (Lipinski definition) is 4. The van der Waals surface area contributed by atoms with Crippen LogP contribution in [0.3, 0.4) is 0 Å². The number of carbonyl (C=O) groups is 1. The van der Waals surface area contributed by atoms with Crippen molar-refractivity contribution in [3.8, 4) is 5.75 Å². The van der Waals surface area contributed by atoms with E-state index in [9.17, 15) is 4.79 Å². The molecule has 120 valence electrons. The number of para-hydroxylation sites is 2. The van der Waals surface area contributed by atoms with Gasteiger partial charge in [-0.15, -0.1) is 0 Å². The van der Waals surface area contributed by atoms with E-state index in [1.807, 2.05) is 36.4 Å². The van der Waals surface area contributed by atoms with Crippen LogP contribution < -0.4 is 10.1 Å². The second kappa shape index (κ2) is 7.74. The van der Waals surface area contributed by atoms with Crippen molar-refractivity contribution >= 4 is 11.6 Å². The maximum atomic E-state index is 12.2. The highest BCUT2D eigenvalue weighted by atomic mass is 16.5. The summed E-state index contributed by atoms with van der Waals surface area (Å²) in [5, 5.41) is 2.90. The molecule has 1 amide bonds. The van der Waals surface area contributed by atoms with Gasteiger partial charge in [0.05, 0.1) is 18.2 Å². The van der Waals surface area contributed by atoms with Crippen molar-refractivity contribution < 1.29 is 14.3 Å². The summed E-state index contributed by atoms with van der Waals surface area (Å²) in [5.74, 6) is 0.578. The Balaban J connectivity index is 1.59. The molecule has 0 radical (unpaired) electrons. The minimum Gasteiger partial charge on any atom is -0.489 e. The molecule has 1 aromatic heterocycles. The standard InChI is InChI=1S/C18H20N2O3/c21-18(11-14-5-3-9-19-12-14)20-16-7-1-2-8-17(16)23-13-15-6-4-10-22-15/h1-3,5,7-9,12,15H,4,6,10-11,13H2,(H,20,21). The lowest BCUT2D eigenvalue weighted by molar-refractivity contribution is -0.115. The van der Waals surface area contributed by atoms with Gasteiger partial charge in [0.15, 0.2) is 0 Å². The summed E-state index contributed by atoms with van der Waals surface area (Å²) in [7, 11) is 0. The van der Waals surface area contributed by atoms with Gasteiger partial charge < -0.3 is 14.8 Å². The second-order valence-electron chi connectivity index (χ2n) is 5.53. The minimum absolute atomic E-state index is 0.0915. The van der Waals surface area contributed by atoms with E-state index in [2.05, 4.69) is 10.3 Å². The number of pyridine rings is 1. The van der Waals surface area contributed by atoms with E-state index in [1.54, 1.807) is 12.4 Å². The number of carbonyl (C=O) groups excluding carboxylic acids is 1. The first kappa shape index (κ1) is 15.5. The molecule has 1 N–H and O–H groups in total. The van der Waals surface area contributed by atoms with Crippen LogP contribution in [-0.2, 0) is 16.0 Å². The lowest BCUT2D eigenvalue weighted by atomic mass is 10.2. The molecular weight excluding hydrogens is 292 g/mol. The van der Waals surface area contributed by atoms with Gasteiger partial charge in [-0.3, -0.25) is 9.78 Å². The number of ether oxygens (including phenoxy) is 2. The zero-order valence-electron chi connectivity index (χ0n) is 12.9. The van der Waals surface area contributed by atoms with Crippen molar-refractivity contribution in [3.63, 3.8) is 0 Å². The fourth-order valence-corrected chi connectivity index (χ4v) is 2.54. The number of hydrogen-bond donors (Lipinski definition) is 1. The summed E-state index contributed by atoms with van der Waals surface area (Å²) in [6.07, 6.45) is 5.92. The third-order valence-electron chi connectivity index (χ3n) is 3.70. The Kier molecular flexibility index (Phi) is 5.21. The maximum absolute atomic E-state index is 12.2. The lowest BCUT2D eigenvalue weighted by Gasteiger charge is -2.15. The highest BCUT2D eigenvalue weighted by Crippen LogP contribution is 2.25. The summed E-state index contributed by atoms with van der Waals surface area (Å²) >= 11 is 0. The molecule has 23 heavy (non-hydrogen) atoms. The summed E-state index contributed by atoms with van der Waals surface area (Å²) in [4.78, 5) is 16.2. The molecule has 1 fully saturated rings. The zero-order valence-corrected chi connectivity index (χ0v) is 12.9. The van der Waals surface area contributed by atoms with Crippen molar-refractivity contribution in [1.82, 2.24) is 4.98 Å². The Morgan fingerprint density at radius 2 is 2.22 bits per heavy atom. The van der Waals surface area contributed by atoms with Gasteiger partial charge in [0.25, 0.3) is 0 Å². The average Bonchev–Trinajstić information content (AvgIpc) is 3.08. The van der Waals surface area contributed by atoms with Crippen molar-refractivity contribution in [1.29, 1.82) is 0 Å². The third-order valence-corrected chi connectivity index (χ3v) is 3.70. The molecule has 1 atom stereocenters. The van der Waals surface area contributed by atoms with Crippen LogP contribution in [0.15, 0.2) is 48.8 Å². The Bertz CT molecular complexity index is 640. The third kappa shape index (κ3) is 4.53. The number of amides is 1. The predicted molar refractivity (Wildman–Crippen MR) is 87.5 cm³/mol. The smallest absolute Gasteiger partial charge is 0.228 e. The molecule has 5 heteroatoms. The van der Waals surface area contributed by atoms with Crippen LogP contribution in [-0.4, -0.2) is 30.2 Å². The first-order valence-corrected chi connectivity index (χ1v) is 7.83. The van der Waals surface area contributed by atoms with Gasteiger partial charge in [-0.05, 0) is 36.6 Å². The number of anilines is 1. The zero-order chi connectivity index (χ0) is 15.9. The van der Waals surface area contributed by atoms with Crippen molar-refractivity contribution in [2.24, 2.45) is 0 Å². The first-order valence-electron chi connectivity index (χ1n) is 7.83. The largest absolute Gasteiger partial charge is 0.489 e. The number of nitrogens with one attached hydrogen (secondary N) is 1. The summed E-state index contributed by atoms with van der Waals surface area (Å²) in [5.41, 5.74) is 1.56. The molecule has 0 spiro atoms. The Hall–Kier alpha value is -2.40. The average molecular weight is 312 g/mol. The lowest BCUT2D eigenvalue weighted by Crippen LogP contribution is -2.18. The van der Waals surface area contributed by atoms with Gasteiger partial charge in [0, 0.05) is 19.0 Å². The molecule has 2 heterocycles. The number of aromatic nitrogens is 1. The Morgan fingerprint density at radius 1 is 1.30 bits per heavy atom. The van der Waals surface area contributed by atoms with Gasteiger partial charge in [-0.1, -0.05) is 18.2 Å². The van der Waals surface area contributed by atoms with E-state index in [0.29, 0.717) is 18.0 Å². The minimum atomic E-state index is -0.0915. The molecule has 0 saturated carbocycles. The molecule has 1 aliphatic rings. The van der Waals surface area contributed by atoms with Crippen LogP contribution in [0, 0.1) is 0 Å². The molecule has 0 bridgehead atoms. The molecule has 1 aliphatic heterocycles. The van der Waals surface area contributed by atoms with Crippen LogP contribution >= 0.6 is 0 Å². The fraction of sp³-hybridized carbons (Fsp3) is 0.333. The van der Waals surface area contributed by atoms with Crippen LogP contribution in [0.4, 0.5) is 5.69 Å². The Labute approximate surface area is 135 Å². The quantitative estimate of drug-likeness (QED) is 0.891. The summed E-state index contributed by atoms with van der Waals surface area (Å²) in [6.45, 7) is 1.31. The summed E-state index contributed by atoms with van der Waals surface area (Å²) < 4.78 is 11.4. The van der Waals surface area contributed by atoms with Crippen molar-refractivity contribution in [3.05, 3.63) is 54.4 Å². The number of nitrogens with zero attached hydrogens (tertiary/aromatic N) is 1. The number of rotatable bonds is 6. The first-order chi connectivity index (χ1) is 11.3. The van der Waals surface area contributed by atoms with E-state index < -0.39 is 0 Å². The molecule has 2 aromatic rings. The summed E-state index contributed by atoms with van der Waals surface area (Å²) in [6, 6.07) is 11.2. The van der Waals surface area contributed by atoms with Crippen LogP contribution in [0.2, 0.25) is 0 Å².